The van der Waals surface area contributed by atoms with Gasteiger partial charge in [0.1, 0.15) is 0 Å². The van der Waals surface area contributed by atoms with Crippen molar-refractivity contribution in [3.8, 4) is 28.4 Å². The van der Waals surface area contributed by atoms with Gasteiger partial charge in [-0.2, -0.15) is 10.1 Å². The van der Waals surface area contributed by atoms with Gasteiger partial charge in [-0.25, -0.2) is 4.68 Å². The minimum atomic E-state index is -0.184. The maximum Gasteiger partial charge on any atom is 0.257 e. The Hall–Kier alpha value is -4.59. The summed E-state index contributed by atoms with van der Waals surface area (Å²) in [6.45, 7) is 2.09. The van der Waals surface area contributed by atoms with Crippen molar-refractivity contribution >= 4 is 5.91 Å². The van der Waals surface area contributed by atoms with E-state index in [1.807, 2.05) is 53.3 Å². The predicted octanol–water partition coefficient (Wildman–Crippen LogP) is 4.22. The standard InChI is InChI=1S/C25H20N6O2/c1-17-28-25(33-30-17)20-9-7-19(8-10-20)24(32)27-15-21-16-31(22-5-3-2-4-6-22)29-23(21)18-11-13-26-14-12-18/h2-14,16H,15H2,1H3,(H,27,32). The lowest BCUT2D eigenvalue weighted by molar-refractivity contribution is 0.0951. The first-order valence-corrected chi connectivity index (χ1v) is 10.4. The van der Waals surface area contributed by atoms with Gasteiger partial charge < -0.3 is 9.84 Å². The fourth-order valence-electron chi connectivity index (χ4n) is 3.46. The number of pyridine rings is 1. The topological polar surface area (TPSA) is 98.7 Å². The Morgan fingerprint density at radius 3 is 2.42 bits per heavy atom. The van der Waals surface area contributed by atoms with Crippen LogP contribution in [0.3, 0.4) is 0 Å². The zero-order valence-electron chi connectivity index (χ0n) is 17.8. The first kappa shape index (κ1) is 20.3. The minimum Gasteiger partial charge on any atom is -0.348 e. The van der Waals surface area contributed by atoms with Crippen molar-refractivity contribution in [2.75, 3.05) is 0 Å². The summed E-state index contributed by atoms with van der Waals surface area (Å²) in [5.41, 5.74) is 4.87. The van der Waals surface area contributed by atoms with Crippen LogP contribution < -0.4 is 5.32 Å². The summed E-state index contributed by atoms with van der Waals surface area (Å²) in [5.74, 6) is 0.805. The van der Waals surface area contributed by atoms with Crippen LogP contribution in [-0.4, -0.2) is 30.8 Å². The second kappa shape index (κ2) is 8.88. The number of benzene rings is 2. The molecule has 33 heavy (non-hydrogen) atoms. The molecule has 0 aliphatic carbocycles. The van der Waals surface area contributed by atoms with Crippen molar-refractivity contribution in [3.63, 3.8) is 0 Å². The van der Waals surface area contributed by atoms with Gasteiger partial charge in [-0.3, -0.25) is 9.78 Å². The van der Waals surface area contributed by atoms with Crippen LogP contribution >= 0.6 is 0 Å². The molecule has 0 bridgehead atoms. The van der Waals surface area contributed by atoms with Crippen LogP contribution in [0.4, 0.5) is 0 Å². The second-order valence-corrected chi connectivity index (χ2v) is 7.43. The SMILES string of the molecule is Cc1noc(-c2ccc(C(=O)NCc3cn(-c4ccccc4)nc3-c3ccncc3)cc2)n1. The third-order valence-corrected chi connectivity index (χ3v) is 5.13. The van der Waals surface area contributed by atoms with Gasteiger partial charge in [-0.15, -0.1) is 0 Å². The Bertz CT molecular complexity index is 1380. The Morgan fingerprint density at radius 1 is 0.970 bits per heavy atom. The van der Waals surface area contributed by atoms with Crippen molar-refractivity contribution in [2.24, 2.45) is 0 Å². The van der Waals surface area contributed by atoms with E-state index in [0.29, 0.717) is 23.8 Å². The summed E-state index contributed by atoms with van der Waals surface area (Å²) >= 11 is 0. The van der Waals surface area contributed by atoms with Gasteiger partial charge >= 0.3 is 0 Å². The Labute approximate surface area is 189 Å². The molecule has 0 unspecified atom stereocenters. The highest BCUT2D eigenvalue weighted by Gasteiger charge is 2.14. The molecule has 8 nitrogen and oxygen atoms in total. The highest BCUT2D eigenvalue weighted by atomic mass is 16.5. The normalized spacial score (nSPS) is 10.8. The number of nitrogens with zero attached hydrogens (tertiary/aromatic N) is 5. The summed E-state index contributed by atoms with van der Waals surface area (Å²) in [5, 5.41) is 11.6. The summed E-state index contributed by atoms with van der Waals surface area (Å²) in [6, 6.07) is 20.7. The molecule has 5 aromatic rings. The van der Waals surface area contributed by atoms with Crippen molar-refractivity contribution in [3.05, 3.63) is 102 Å². The number of amides is 1. The quantitative estimate of drug-likeness (QED) is 0.428. The fraction of sp³-hybridized carbons (Fsp3) is 0.0800. The number of hydrogen-bond acceptors (Lipinski definition) is 6. The van der Waals surface area contributed by atoms with Crippen molar-refractivity contribution < 1.29 is 9.32 Å². The van der Waals surface area contributed by atoms with Gasteiger partial charge in [0, 0.05) is 47.4 Å². The monoisotopic (exact) mass is 436 g/mol. The van der Waals surface area contributed by atoms with Crippen LogP contribution in [0.25, 0.3) is 28.4 Å². The number of aryl methyl sites for hydroxylation is 1. The van der Waals surface area contributed by atoms with Crippen molar-refractivity contribution in [1.29, 1.82) is 0 Å². The van der Waals surface area contributed by atoms with Crippen LogP contribution in [0, 0.1) is 6.92 Å². The van der Waals surface area contributed by atoms with Crippen LogP contribution in [0.5, 0.6) is 0 Å². The molecule has 1 N–H and O–H groups in total. The van der Waals surface area contributed by atoms with E-state index in [1.165, 1.54) is 0 Å². The number of hydrogen-bond donors (Lipinski definition) is 1. The molecule has 3 heterocycles. The molecule has 0 aliphatic rings. The lowest BCUT2D eigenvalue weighted by atomic mass is 10.1. The predicted molar refractivity (Wildman–Crippen MR) is 122 cm³/mol. The minimum absolute atomic E-state index is 0.184. The average Bonchev–Trinajstić information content (AvgIpc) is 3.50. The van der Waals surface area contributed by atoms with Crippen molar-refractivity contribution in [1.82, 2.24) is 30.2 Å². The number of carbonyl (C=O) groups is 1. The second-order valence-electron chi connectivity index (χ2n) is 7.43. The molecule has 162 valence electrons. The van der Waals surface area contributed by atoms with Gasteiger partial charge in [0.2, 0.25) is 0 Å². The van der Waals surface area contributed by atoms with E-state index in [0.717, 1.165) is 28.1 Å². The van der Waals surface area contributed by atoms with Gasteiger partial charge in [0.25, 0.3) is 11.8 Å². The molecule has 0 saturated heterocycles. The summed E-state index contributed by atoms with van der Waals surface area (Å²) in [7, 11) is 0. The largest absolute Gasteiger partial charge is 0.348 e. The lowest BCUT2D eigenvalue weighted by Gasteiger charge is -2.06. The van der Waals surface area contributed by atoms with E-state index in [9.17, 15) is 4.79 Å². The van der Waals surface area contributed by atoms with Crippen molar-refractivity contribution in [2.45, 2.75) is 13.5 Å². The zero-order chi connectivity index (χ0) is 22.6. The third kappa shape index (κ3) is 4.40. The Balaban J connectivity index is 1.36. The van der Waals surface area contributed by atoms with Gasteiger partial charge in [-0.05, 0) is 55.5 Å². The van der Waals surface area contributed by atoms with E-state index in [2.05, 4.69) is 20.4 Å². The number of aromatic nitrogens is 5. The fourth-order valence-corrected chi connectivity index (χ4v) is 3.46. The Kier molecular flexibility index (Phi) is 5.47. The summed E-state index contributed by atoms with van der Waals surface area (Å²) in [6.07, 6.45) is 5.39. The smallest absolute Gasteiger partial charge is 0.257 e. The van der Waals surface area contributed by atoms with Crippen LogP contribution in [0.1, 0.15) is 21.7 Å². The maximum absolute atomic E-state index is 12.8. The number of carbonyl (C=O) groups excluding carboxylic acids is 1. The first-order chi connectivity index (χ1) is 16.2. The Morgan fingerprint density at radius 2 is 1.73 bits per heavy atom. The molecule has 2 aromatic carbocycles. The molecule has 1 amide bonds. The highest BCUT2D eigenvalue weighted by molar-refractivity contribution is 5.94. The van der Waals surface area contributed by atoms with E-state index in [1.54, 1.807) is 43.6 Å². The first-order valence-electron chi connectivity index (χ1n) is 10.4. The number of rotatable bonds is 6. The zero-order valence-corrected chi connectivity index (χ0v) is 17.8. The molecule has 3 aromatic heterocycles. The summed E-state index contributed by atoms with van der Waals surface area (Å²) < 4.78 is 6.99. The van der Waals surface area contributed by atoms with Gasteiger partial charge in [0.05, 0.1) is 11.4 Å². The maximum atomic E-state index is 12.8. The molecule has 0 saturated carbocycles. The van der Waals surface area contributed by atoms with Crippen LogP contribution in [0.2, 0.25) is 0 Å². The summed E-state index contributed by atoms with van der Waals surface area (Å²) in [4.78, 5) is 21.1. The van der Waals surface area contributed by atoms with E-state index in [-0.39, 0.29) is 5.91 Å². The van der Waals surface area contributed by atoms with E-state index >= 15 is 0 Å². The molecule has 0 spiro atoms. The highest BCUT2D eigenvalue weighted by Crippen LogP contribution is 2.23. The molecule has 5 rings (SSSR count). The molecular weight excluding hydrogens is 416 g/mol. The molecule has 0 atom stereocenters. The number of para-hydroxylation sites is 1. The lowest BCUT2D eigenvalue weighted by Crippen LogP contribution is -2.22. The van der Waals surface area contributed by atoms with Crippen LogP contribution in [-0.2, 0) is 6.54 Å². The van der Waals surface area contributed by atoms with E-state index in [4.69, 9.17) is 9.62 Å². The van der Waals surface area contributed by atoms with Gasteiger partial charge in [-0.1, -0.05) is 23.4 Å². The third-order valence-electron chi connectivity index (χ3n) is 5.13. The average molecular weight is 436 g/mol. The van der Waals surface area contributed by atoms with Crippen LogP contribution in [0.15, 0.2) is 89.8 Å². The van der Waals surface area contributed by atoms with Gasteiger partial charge in [0.15, 0.2) is 5.82 Å². The molecular formula is C25H20N6O2. The van der Waals surface area contributed by atoms with E-state index < -0.39 is 0 Å². The molecule has 0 aliphatic heterocycles. The number of nitrogens with one attached hydrogen (secondary N) is 1. The molecule has 8 heteroatoms. The molecule has 0 radical (unpaired) electrons. The molecule has 0 fully saturated rings.